The number of ether oxygens (including phenoxy) is 1. The standard InChI is InChI=1S/C23H30FN3O5/c1-15(2)22(3,31)14-32-19-12-17(26-27(19)18-9-5-4-8-16(18)24)21(30)25-23(13-20(28)29)10-6-7-11-23/h4-5,8-9,12,15,31H,6-7,10-11,13-14H2,1-3H3,(H,25,30)(H,28,29)/t22-/m1/s1. The summed E-state index contributed by atoms with van der Waals surface area (Å²) in [7, 11) is 0. The monoisotopic (exact) mass is 447 g/mol. The van der Waals surface area contributed by atoms with Crippen LogP contribution in [0.3, 0.4) is 0 Å². The fourth-order valence-corrected chi connectivity index (χ4v) is 3.75. The number of nitrogens with one attached hydrogen (secondary N) is 1. The van der Waals surface area contributed by atoms with Crippen LogP contribution in [0.5, 0.6) is 5.88 Å². The van der Waals surface area contributed by atoms with Crippen molar-refractivity contribution in [3.63, 3.8) is 0 Å². The molecule has 1 aliphatic rings. The van der Waals surface area contributed by atoms with Crippen LogP contribution in [0, 0.1) is 11.7 Å². The number of hydrogen-bond donors (Lipinski definition) is 3. The number of nitrogens with zero attached hydrogens (tertiary/aromatic N) is 2. The van der Waals surface area contributed by atoms with Gasteiger partial charge in [0.25, 0.3) is 5.91 Å². The van der Waals surface area contributed by atoms with Crippen molar-refractivity contribution < 1.29 is 28.9 Å². The second-order valence-electron chi connectivity index (χ2n) is 9.04. The average Bonchev–Trinajstić information content (AvgIpc) is 3.33. The summed E-state index contributed by atoms with van der Waals surface area (Å²) >= 11 is 0. The molecule has 1 aliphatic carbocycles. The molecule has 1 aromatic carbocycles. The number of halogens is 1. The molecule has 0 radical (unpaired) electrons. The van der Waals surface area contributed by atoms with Crippen molar-refractivity contribution in [2.45, 2.75) is 64.0 Å². The van der Waals surface area contributed by atoms with Gasteiger partial charge in [-0.3, -0.25) is 9.59 Å². The van der Waals surface area contributed by atoms with Gasteiger partial charge in [0.15, 0.2) is 5.69 Å². The van der Waals surface area contributed by atoms with Crippen molar-refractivity contribution in [3.8, 4) is 11.6 Å². The fraction of sp³-hybridized carbons (Fsp3) is 0.522. The van der Waals surface area contributed by atoms with E-state index in [1.165, 1.54) is 28.9 Å². The first-order valence-corrected chi connectivity index (χ1v) is 10.8. The zero-order valence-electron chi connectivity index (χ0n) is 18.6. The van der Waals surface area contributed by atoms with E-state index in [2.05, 4.69) is 10.4 Å². The van der Waals surface area contributed by atoms with Crippen LogP contribution in [0.1, 0.15) is 63.4 Å². The second kappa shape index (κ2) is 9.28. The summed E-state index contributed by atoms with van der Waals surface area (Å²) in [5.41, 5.74) is -1.91. The number of rotatable bonds is 9. The summed E-state index contributed by atoms with van der Waals surface area (Å²) in [5.74, 6) is -2.10. The van der Waals surface area contributed by atoms with Crippen molar-refractivity contribution >= 4 is 11.9 Å². The zero-order valence-corrected chi connectivity index (χ0v) is 18.6. The number of hydrogen-bond acceptors (Lipinski definition) is 5. The summed E-state index contributed by atoms with van der Waals surface area (Å²) < 4.78 is 21.4. The van der Waals surface area contributed by atoms with Crippen LogP contribution < -0.4 is 10.1 Å². The number of aliphatic carboxylic acids is 1. The van der Waals surface area contributed by atoms with Gasteiger partial charge in [0, 0.05) is 6.07 Å². The average molecular weight is 448 g/mol. The van der Waals surface area contributed by atoms with Crippen LogP contribution >= 0.6 is 0 Å². The molecule has 32 heavy (non-hydrogen) atoms. The second-order valence-corrected chi connectivity index (χ2v) is 9.04. The predicted molar refractivity (Wildman–Crippen MR) is 115 cm³/mol. The van der Waals surface area contributed by atoms with E-state index in [9.17, 15) is 24.2 Å². The Balaban J connectivity index is 1.92. The Morgan fingerprint density at radius 1 is 1.31 bits per heavy atom. The smallest absolute Gasteiger partial charge is 0.305 e. The Hall–Kier alpha value is -2.94. The summed E-state index contributed by atoms with van der Waals surface area (Å²) in [5, 5.41) is 26.9. The SMILES string of the molecule is CC(C)[C@](C)(O)COc1cc(C(=O)NC2(CC(=O)O)CCCC2)nn1-c1ccccc1F. The third kappa shape index (κ3) is 5.27. The van der Waals surface area contributed by atoms with Gasteiger partial charge >= 0.3 is 5.97 Å². The highest BCUT2D eigenvalue weighted by molar-refractivity contribution is 5.93. The minimum Gasteiger partial charge on any atom is -0.481 e. The lowest BCUT2D eigenvalue weighted by atomic mass is 9.93. The van der Waals surface area contributed by atoms with Gasteiger partial charge in [-0.25, -0.2) is 4.39 Å². The highest BCUT2D eigenvalue weighted by Gasteiger charge is 2.38. The van der Waals surface area contributed by atoms with Gasteiger partial charge in [-0.05, 0) is 37.8 Å². The van der Waals surface area contributed by atoms with Crippen LogP contribution in [0.25, 0.3) is 5.69 Å². The molecular weight excluding hydrogens is 417 g/mol. The number of benzene rings is 1. The molecule has 1 heterocycles. The number of aromatic nitrogens is 2. The lowest BCUT2D eigenvalue weighted by Crippen LogP contribution is -2.48. The molecule has 8 nitrogen and oxygen atoms in total. The maximum atomic E-state index is 14.5. The first-order valence-electron chi connectivity index (χ1n) is 10.8. The van der Waals surface area contributed by atoms with Gasteiger partial charge in [0.05, 0.1) is 17.6 Å². The summed E-state index contributed by atoms with van der Waals surface area (Å²) in [6, 6.07) is 7.32. The van der Waals surface area contributed by atoms with Crippen molar-refractivity contribution in [3.05, 3.63) is 41.8 Å². The number of para-hydroxylation sites is 1. The minimum atomic E-state index is -1.15. The molecule has 1 saturated carbocycles. The van der Waals surface area contributed by atoms with Crippen molar-refractivity contribution in [2.75, 3.05) is 6.61 Å². The minimum absolute atomic E-state index is 0.0240. The Bertz CT molecular complexity index is 980. The Morgan fingerprint density at radius 3 is 2.56 bits per heavy atom. The topological polar surface area (TPSA) is 114 Å². The molecule has 3 rings (SSSR count). The van der Waals surface area contributed by atoms with Crippen LogP contribution in [0.15, 0.2) is 30.3 Å². The van der Waals surface area contributed by atoms with E-state index in [0.717, 1.165) is 12.8 Å². The van der Waals surface area contributed by atoms with Gasteiger partial charge in [-0.2, -0.15) is 9.78 Å². The third-order valence-corrected chi connectivity index (χ3v) is 6.18. The molecule has 1 fully saturated rings. The lowest BCUT2D eigenvalue weighted by Gasteiger charge is -2.28. The Morgan fingerprint density at radius 2 is 1.97 bits per heavy atom. The number of aliphatic hydroxyl groups is 1. The molecule has 0 saturated heterocycles. The summed E-state index contributed by atoms with van der Waals surface area (Å²) in [4.78, 5) is 24.3. The molecule has 1 atom stereocenters. The van der Waals surface area contributed by atoms with Gasteiger partial charge in [0.2, 0.25) is 5.88 Å². The van der Waals surface area contributed by atoms with E-state index in [4.69, 9.17) is 4.74 Å². The molecule has 2 aromatic rings. The molecule has 1 amide bonds. The van der Waals surface area contributed by atoms with Gasteiger partial charge in [0.1, 0.15) is 18.1 Å². The molecule has 0 spiro atoms. The van der Waals surface area contributed by atoms with Crippen molar-refractivity contribution in [2.24, 2.45) is 5.92 Å². The van der Waals surface area contributed by atoms with E-state index in [0.29, 0.717) is 12.8 Å². The van der Waals surface area contributed by atoms with E-state index in [1.807, 2.05) is 13.8 Å². The van der Waals surface area contributed by atoms with Crippen molar-refractivity contribution in [1.82, 2.24) is 15.1 Å². The Labute approximate surface area is 186 Å². The largest absolute Gasteiger partial charge is 0.481 e. The van der Waals surface area contributed by atoms with E-state index < -0.39 is 28.8 Å². The zero-order chi connectivity index (χ0) is 23.5. The molecule has 174 valence electrons. The lowest BCUT2D eigenvalue weighted by molar-refractivity contribution is -0.138. The quantitative estimate of drug-likeness (QED) is 0.543. The molecule has 0 unspecified atom stereocenters. The van der Waals surface area contributed by atoms with Gasteiger partial charge in [-0.1, -0.05) is 38.8 Å². The maximum Gasteiger partial charge on any atom is 0.305 e. The summed E-state index contributed by atoms with van der Waals surface area (Å²) in [6.45, 7) is 5.24. The number of carbonyl (C=O) groups excluding carboxylic acids is 1. The molecule has 0 bridgehead atoms. The van der Waals surface area contributed by atoms with E-state index in [-0.39, 0.29) is 36.2 Å². The highest BCUT2D eigenvalue weighted by atomic mass is 19.1. The van der Waals surface area contributed by atoms with Crippen LogP contribution in [0.4, 0.5) is 4.39 Å². The first-order chi connectivity index (χ1) is 15.0. The molecule has 3 N–H and O–H groups in total. The van der Waals surface area contributed by atoms with Gasteiger partial charge < -0.3 is 20.3 Å². The fourth-order valence-electron chi connectivity index (χ4n) is 3.75. The van der Waals surface area contributed by atoms with Gasteiger partial charge in [-0.15, -0.1) is 0 Å². The normalized spacial score (nSPS) is 17.2. The molecular formula is C23H30FN3O5. The van der Waals surface area contributed by atoms with Crippen molar-refractivity contribution in [1.29, 1.82) is 0 Å². The molecule has 9 heteroatoms. The van der Waals surface area contributed by atoms with Crippen LogP contribution in [-0.2, 0) is 4.79 Å². The van der Waals surface area contributed by atoms with E-state index in [1.54, 1.807) is 13.0 Å². The van der Waals surface area contributed by atoms with E-state index >= 15 is 0 Å². The predicted octanol–water partition coefficient (Wildman–Crippen LogP) is 3.31. The third-order valence-electron chi connectivity index (χ3n) is 6.18. The molecule has 0 aliphatic heterocycles. The number of carbonyl (C=O) groups is 2. The Kier molecular flexibility index (Phi) is 6.88. The highest BCUT2D eigenvalue weighted by Crippen LogP contribution is 2.33. The number of carboxylic acids is 1. The number of carboxylic acid groups (broad SMARTS) is 1. The first kappa shape index (κ1) is 23.7. The number of amides is 1. The van der Waals surface area contributed by atoms with Crippen LogP contribution in [-0.4, -0.2) is 49.6 Å². The van der Waals surface area contributed by atoms with Crippen LogP contribution in [0.2, 0.25) is 0 Å². The molecule has 1 aromatic heterocycles. The maximum absolute atomic E-state index is 14.5. The summed E-state index contributed by atoms with van der Waals surface area (Å²) in [6.07, 6.45) is 2.62.